The Kier molecular flexibility index (Phi) is 6.67. The monoisotopic (exact) mass is 405 g/mol. The first-order valence-corrected chi connectivity index (χ1v) is 11.2. The quantitative estimate of drug-likeness (QED) is 0.775. The Hall–Kier alpha value is -2.82. The van der Waals surface area contributed by atoms with Crippen molar-refractivity contribution in [3.8, 4) is 0 Å². The van der Waals surface area contributed by atoms with Gasteiger partial charge in [-0.1, -0.05) is 79.9 Å². The van der Waals surface area contributed by atoms with E-state index in [9.17, 15) is 9.59 Å². The Morgan fingerprint density at radius 1 is 0.800 bits per heavy atom. The molecular formula is C25H31N3O2. The number of benzene rings is 2. The van der Waals surface area contributed by atoms with Crippen LogP contribution in [0.25, 0.3) is 0 Å². The fourth-order valence-corrected chi connectivity index (χ4v) is 4.68. The summed E-state index contributed by atoms with van der Waals surface area (Å²) >= 11 is 0. The summed E-state index contributed by atoms with van der Waals surface area (Å²) in [4.78, 5) is 27.9. The van der Waals surface area contributed by atoms with Crippen molar-refractivity contribution in [3.05, 3.63) is 71.8 Å². The fraction of sp³-hybridized carbons (Fsp3) is 0.440. The molecule has 2 aromatic carbocycles. The Bertz CT molecular complexity index is 794. The van der Waals surface area contributed by atoms with E-state index >= 15 is 0 Å². The Morgan fingerprint density at radius 3 is 2.00 bits per heavy atom. The van der Waals surface area contributed by atoms with Crippen molar-refractivity contribution in [1.29, 1.82) is 0 Å². The first-order chi connectivity index (χ1) is 14.7. The molecule has 2 N–H and O–H groups in total. The molecule has 1 aliphatic carbocycles. The molecule has 158 valence electrons. The van der Waals surface area contributed by atoms with E-state index < -0.39 is 6.04 Å². The van der Waals surface area contributed by atoms with Crippen molar-refractivity contribution < 1.29 is 9.59 Å². The summed E-state index contributed by atoms with van der Waals surface area (Å²) in [6.07, 6.45) is 7.25. The predicted octanol–water partition coefficient (Wildman–Crippen LogP) is 4.40. The van der Waals surface area contributed by atoms with E-state index in [1.165, 1.54) is 19.3 Å². The maximum absolute atomic E-state index is 13.3. The summed E-state index contributed by atoms with van der Waals surface area (Å²) in [5, 5.41) is 6.39. The standard InChI is InChI=1S/C25H31N3O2/c29-24(22-17-10-18-28(22)25(30)26-21-15-8-3-9-16-21)27-23(19-11-4-1-5-12-19)20-13-6-2-7-14-20/h1-2,4-7,11-14,21-23H,3,8-10,15-18H2,(H,26,30)(H,27,29). The molecule has 1 unspecified atom stereocenters. The zero-order valence-electron chi connectivity index (χ0n) is 17.4. The van der Waals surface area contributed by atoms with Gasteiger partial charge >= 0.3 is 6.03 Å². The number of nitrogens with one attached hydrogen (secondary N) is 2. The molecule has 1 heterocycles. The predicted molar refractivity (Wildman–Crippen MR) is 118 cm³/mol. The molecule has 0 spiro atoms. The van der Waals surface area contributed by atoms with Gasteiger partial charge in [-0.15, -0.1) is 0 Å². The first kappa shape index (κ1) is 20.5. The SMILES string of the molecule is O=C(NC(c1ccccc1)c1ccccc1)C1CCCN1C(=O)NC1CCCCC1. The Labute approximate surface area is 178 Å². The van der Waals surface area contributed by atoms with Crippen LogP contribution < -0.4 is 10.6 Å². The summed E-state index contributed by atoms with van der Waals surface area (Å²) < 4.78 is 0. The minimum absolute atomic E-state index is 0.0796. The third-order valence-electron chi connectivity index (χ3n) is 6.30. The number of carbonyl (C=O) groups is 2. The van der Waals surface area contributed by atoms with Crippen molar-refractivity contribution in [2.45, 2.75) is 63.1 Å². The van der Waals surface area contributed by atoms with Crippen molar-refractivity contribution in [3.63, 3.8) is 0 Å². The third kappa shape index (κ3) is 4.84. The van der Waals surface area contributed by atoms with Crippen LogP contribution in [0, 0.1) is 0 Å². The van der Waals surface area contributed by atoms with E-state index in [4.69, 9.17) is 0 Å². The summed E-state index contributed by atoms with van der Waals surface area (Å²) in [5.74, 6) is -0.0796. The number of hydrogen-bond donors (Lipinski definition) is 2. The van der Waals surface area contributed by atoms with E-state index in [-0.39, 0.29) is 24.0 Å². The third-order valence-corrected chi connectivity index (χ3v) is 6.30. The topological polar surface area (TPSA) is 61.4 Å². The molecule has 1 aliphatic heterocycles. The maximum atomic E-state index is 13.3. The molecule has 1 atom stereocenters. The highest BCUT2D eigenvalue weighted by atomic mass is 16.2. The van der Waals surface area contributed by atoms with Crippen LogP contribution in [0.4, 0.5) is 4.79 Å². The lowest BCUT2D eigenvalue weighted by Gasteiger charge is -2.30. The molecule has 2 fully saturated rings. The second-order valence-electron chi connectivity index (χ2n) is 8.40. The highest BCUT2D eigenvalue weighted by Crippen LogP contribution is 2.25. The van der Waals surface area contributed by atoms with Crippen molar-refractivity contribution >= 4 is 11.9 Å². The summed E-state index contributed by atoms with van der Waals surface area (Å²) in [5.41, 5.74) is 2.07. The van der Waals surface area contributed by atoms with Gasteiger partial charge in [-0.05, 0) is 36.8 Å². The molecule has 30 heavy (non-hydrogen) atoms. The van der Waals surface area contributed by atoms with Gasteiger partial charge in [-0.3, -0.25) is 4.79 Å². The number of urea groups is 1. The van der Waals surface area contributed by atoms with E-state index in [0.29, 0.717) is 13.0 Å². The number of hydrogen-bond acceptors (Lipinski definition) is 2. The molecule has 0 bridgehead atoms. The normalized spacial score (nSPS) is 19.6. The lowest BCUT2D eigenvalue weighted by Crippen LogP contribution is -2.52. The van der Waals surface area contributed by atoms with E-state index in [1.54, 1.807) is 4.90 Å². The van der Waals surface area contributed by atoms with Crippen LogP contribution in [0.5, 0.6) is 0 Å². The van der Waals surface area contributed by atoms with Crippen LogP contribution in [0.2, 0.25) is 0 Å². The van der Waals surface area contributed by atoms with Crippen LogP contribution in [0.1, 0.15) is 62.1 Å². The van der Waals surface area contributed by atoms with Crippen molar-refractivity contribution in [2.75, 3.05) is 6.54 Å². The Balaban J connectivity index is 1.46. The molecule has 2 aliphatic rings. The van der Waals surface area contributed by atoms with E-state index in [0.717, 1.165) is 30.4 Å². The molecule has 5 nitrogen and oxygen atoms in total. The summed E-state index contributed by atoms with van der Waals surface area (Å²) in [7, 11) is 0. The number of nitrogens with zero attached hydrogens (tertiary/aromatic N) is 1. The largest absolute Gasteiger partial charge is 0.343 e. The molecule has 2 aromatic rings. The zero-order valence-corrected chi connectivity index (χ0v) is 17.4. The second kappa shape index (κ2) is 9.79. The zero-order chi connectivity index (χ0) is 20.8. The smallest absolute Gasteiger partial charge is 0.318 e. The molecule has 4 rings (SSSR count). The Morgan fingerprint density at radius 2 is 1.40 bits per heavy atom. The van der Waals surface area contributed by atoms with Gasteiger partial charge in [-0.25, -0.2) is 4.79 Å². The average Bonchev–Trinajstić information content (AvgIpc) is 3.30. The van der Waals surface area contributed by atoms with Gasteiger partial charge < -0.3 is 15.5 Å². The van der Waals surface area contributed by atoms with Gasteiger partial charge in [0.15, 0.2) is 0 Å². The van der Waals surface area contributed by atoms with Crippen LogP contribution >= 0.6 is 0 Å². The highest BCUT2D eigenvalue weighted by Gasteiger charge is 2.36. The molecule has 3 amide bonds. The lowest BCUT2D eigenvalue weighted by atomic mass is 9.96. The molecule has 1 saturated heterocycles. The van der Waals surface area contributed by atoms with Gasteiger partial charge in [0.05, 0.1) is 6.04 Å². The van der Waals surface area contributed by atoms with Gasteiger partial charge in [0.25, 0.3) is 0 Å². The molecule has 0 radical (unpaired) electrons. The molecular weight excluding hydrogens is 374 g/mol. The number of carbonyl (C=O) groups excluding carboxylic acids is 2. The van der Waals surface area contributed by atoms with Crippen molar-refractivity contribution in [1.82, 2.24) is 15.5 Å². The first-order valence-electron chi connectivity index (χ1n) is 11.2. The number of amides is 3. The maximum Gasteiger partial charge on any atom is 0.318 e. The lowest BCUT2D eigenvalue weighted by molar-refractivity contribution is -0.125. The van der Waals surface area contributed by atoms with Gasteiger partial charge in [0.1, 0.15) is 6.04 Å². The van der Waals surface area contributed by atoms with E-state index in [1.807, 2.05) is 60.7 Å². The minimum Gasteiger partial charge on any atom is -0.343 e. The summed E-state index contributed by atoms with van der Waals surface area (Å²) in [6.45, 7) is 0.637. The number of rotatable bonds is 5. The fourth-order valence-electron chi connectivity index (χ4n) is 4.68. The second-order valence-corrected chi connectivity index (χ2v) is 8.40. The number of likely N-dealkylation sites (tertiary alicyclic amines) is 1. The van der Waals surface area contributed by atoms with Crippen LogP contribution in [-0.4, -0.2) is 35.5 Å². The molecule has 0 aromatic heterocycles. The van der Waals surface area contributed by atoms with Crippen molar-refractivity contribution in [2.24, 2.45) is 0 Å². The molecule has 5 heteroatoms. The van der Waals surface area contributed by atoms with Crippen LogP contribution in [0.15, 0.2) is 60.7 Å². The van der Waals surface area contributed by atoms with Crippen LogP contribution in [-0.2, 0) is 4.79 Å². The minimum atomic E-state index is -0.413. The van der Waals surface area contributed by atoms with Crippen LogP contribution in [0.3, 0.4) is 0 Å². The highest BCUT2D eigenvalue weighted by molar-refractivity contribution is 5.88. The average molecular weight is 406 g/mol. The summed E-state index contributed by atoms with van der Waals surface area (Å²) in [6, 6.07) is 19.5. The van der Waals surface area contributed by atoms with Gasteiger partial charge in [0.2, 0.25) is 5.91 Å². The molecule has 1 saturated carbocycles. The van der Waals surface area contributed by atoms with Gasteiger partial charge in [-0.2, -0.15) is 0 Å². The van der Waals surface area contributed by atoms with E-state index in [2.05, 4.69) is 10.6 Å². The van der Waals surface area contributed by atoms with Gasteiger partial charge in [0, 0.05) is 12.6 Å².